The molecule has 0 amide bonds. The van der Waals surface area contributed by atoms with Crippen LogP contribution < -0.4 is 0 Å². The maximum Gasteiger partial charge on any atom is 0.383 e. The van der Waals surface area contributed by atoms with E-state index in [4.69, 9.17) is 35.0 Å². The lowest BCUT2D eigenvalue weighted by molar-refractivity contribution is -0.176. The van der Waals surface area contributed by atoms with Crippen molar-refractivity contribution in [3.63, 3.8) is 0 Å². The van der Waals surface area contributed by atoms with Crippen LogP contribution in [0.25, 0.3) is 0 Å². The molecule has 0 spiro atoms. The van der Waals surface area contributed by atoms with Crippen LogP contribution in [0.15, 0.2) is 29.4 Å². The molecule has 0 radical (unpaired) electrons. The minimum Gasteiger partial charge on any atom is -0.462 e. The molecule has 1 aromatic carbocycles. The molecule has 0 atom stereocenters. The maximum atomic E-state index is 13.4. The summed E-state index contributed by atoms with van der Waals surface area (Å²) < 4.78 is 31.4. The van der Waals surface area contributed by atoms with E-state index in [-0.39, 0.29) is 37.4 Å². The van der Waals surface area contributed by atoms with Crippen LogP contribution in [0.2, 0.25) is 5.02 Å². The lowest BCUT2D eigenvalue weighted by Crippen LogP contribution is -2.45. The molecular weight excluding hydrogens is 505 g/mol. The SMILES string of the molecule is CCOC(=O)C(Br)(O/N=C(/c1ccc(Cl)cc1)P(=O)(OCC)OCC)C(=O)OCC. The third-order valence-corrected chi connectivity index (χ3v) is 6.39. The van der Waals surface area contributed by atoms with Gasteiger partial charge in [-0.3, -0.25) is 4.57 Å². The lowest BCUT2D eigenvalue weighted by Gasteiger charge is -2.23. The summed E-state index contributed by atoms with van der Waals surface area (Å²) in [7, 11) is -3.99. The molecule has 0 aliphatic heterocycles. The van der Waals surface area contributed by atoms with E-state index in [1.165, 1.54) is 24.3 Å². The third-order valence-electron chi connectivity index (χ3n) is 3.29. The van der Waals surface area contributed by atoms with Crippen molar-refractivity contribution in [3.8, 4) is 0 Å². The van der Waals surface area contributed by atoms with Gasteiger partial charge in [0.15, 0.2) is 5.45 Å². The molecular formula is C18H24BrClNO8P. The molecule has 1 rings (SSSR count). The standard InChI is InChI=1S/C18H24BrClNO8P/c1-5-25-16(22)18(19,17(23)26-6-2)29-21-15(13-9-11-14(20)12-10-13)30(24,27-7-3)28-8-4/h9-12H,5-8H2,1-4H3/b21-15-. The molecule has 0 unspecified atom stereocenters. The van der Waals surface area contributed by atoms with Crippen LogP contribution in [-0.4, -0.2) is 48.3 Å². The summed E-state index contributed by atoms with van der Waals surface area (Å²) in [4.78, 5) is 30.0. The lowest BCUT2D eigenvalue weighted by atomic mass is 10.2. The van der Waals surface area contributed by atoms with Crippen molar-refractivity contribution >= 4 is 52.5 Å². The Hall–Kier alpha value is -1.45. The molecule has 0 aliphatic rings. The van der Waals surface area contributed by atoms with Gasteiger partial charge in [0.05, 0.1) is 26.4 Å². The molecule has 0 aliphatic carbocycles. The Labute approximate surface area is 188 Å². The number of esters is 2. The van der Waals surface area contributed by atoms with Crippen LogP contribution in [0.3, 0.4) is 0 Å². The van der Waals surface area contributed by atoms with Crippen LogP contribution in [0.5, 0.6) is 0 Å². The number of carbonyl (C=O) groups excluding carboxylic acids is 2. The van der Waals surface area contributed by atoms with Crippen LogP contribution in [-0.2, 0) is 37.5 Å². The quantitative estimate of drug-likeness (QED) is 0.0974. The van der Waals surface area contributed by atoms with Gasteiger partial charge in [-0.15, -0.1) is 0 Å². The minimum absolute atomic E-state index is 0.0287. The molecule has 1 aromatic rings. The van der Waals surface area contributed by atoms with E-state index >= 15 is 0 Å². The van der Waals surface area contributed by atoms with Crippen LogP contribution in [0.1, 0.15) is 33.3 Å². The summed E-state index contributed by atoms with van der Waals surface area (Å²) >= 11 is 8.83. The Morgan fingerprint density at radius 1 is 0.967 bits per heavy atom. The van der Waals surface area contributed by atoms with Crippen molar-refractivity contribution in [3.05, 3.63) is 34.9 Å². The summed E-state index contributed by atoms with van der Waals surface area (Å²) in [6.45, 7) is 6.38. The average molecular weight is 529 g/mol. The van der Waals surface area contributed by atoms with Gasteiger partial charge in [-0.25, -0.2) is 9.59 Å². The molecule has 30 heavy (non-hydrogen) atoms. The first-order chi connectivity index (χ1) is 14.2. The number of ether oxygens (including phenoxy) is 2. The summed E-state index contributed by atoms with van der Waals surface area (Å²) in [5, 5.41) is 4.25. The topological polar surface area (TPSA) is 110 Å². The summed E-state index contributed by atoms with van der Waals surface area (Å²) in [5.74, 6) is -2.18. The normalized spacial score (nSPS) is 12.4. The third kappa shape index (κ3) is 6.78. The van der Waals surface area contributed by atoms with E-state index in [9.17, 15) is 14.2 Å². The summed E-state index contributed by atoms with van der Waals surface area (Å²) in [6, 6.07) is 6.10. The number of carbonyl (C=O) groups is 2. The molecule has 0 heterocycles. The molecule has 0 saturated carbocycles. The van der Waals surface area contributed by atoms with Gasteiger partial charge in [0.1, 0.15) is 0 Å². The Balaban J connectivity index is 3.52. The highest BCUT2D eigenvalue weighted by Crippen LogP contribution is 2.52. The number of nitrogens with zero attached hydrogens (tertiary/aromatic N) is 1. The highest BCUT2D eigenvalue weighted by Gasteiger charge is 2.51. The van der Waals surface area contributed by atoms with Crippen molar-refractivity contribution in [2.24, 2.45) is 5.16 Å². The van der Waals surface area contributed by atoms with Crippen molar-refractivity contribution in [1.29, 1.82) is 0 Å². The smallest absolute Gasteiger partial charge is 0.383 e. The van der Waals surface area contributed by atoms with Crippen LogP contribution in [0, 0.1) is 0 Å². The van der Waals surface area contributed by atoms with Crippen molar-refractivity contribution in [2.45, 2.75) is 32.2 Å². The first-order valence-corrected chi connectivity index (χ1v) is 11.8. The van der Waals surface area contributed by atoms with Crippen molar-refractivity contribution < 1.29 is 37.5 Å². The predicted molar refractivity (Wildman–Crippen MR) is 115 cm³/mol. The fourth-order valence-corrected chi connectivity index (χ4v) is 4.10. The molecule has 0 saturated heterocycles. The molecule has 0 aromatic heterocycles. The van der Waals surface area contributed by atoms with Gasteiger partial charge < -0.3 is 23.4 Å². The zero-order valence-corrected chi connectivity index (χ0v) is 20.3. The van der Waals surface area contributed by atoms with E-state index < -0.39 is 24.0 Å². The number of hydrogen-bond acceptors (Lipinski definition) is 9. The molecule has 12 heteroatoms. The number of benzene rings is 1. The van der Waals surface area contributed by atoms with Gasteiger partial charge >= 0.3 is 24.0 Å². The first-order valence-electron chi connectivity index (χ1n) is 9.13. The van der Waals surface area contributed by atoms with Gasteiger partial charge in [-0.1, -0.05) is 28.9 Å². The predicted octanol–water partition coefficient (Wildman–Crippen LogP) is 4.50. The largest absolute Gasteiger partial charge is 0.462 e. The zero-order valence-electron chi connectivity index (χ0n) is 17.1. The fraction of sp³-hybridized carbons (Fsp3) is 0.500. The number of oxime groups is 1. The van der Waals surface area contributed by atoms with E-state index in [2.05, 4.69) is 21.1 Å². The Morgan fingerprint density at radius 3 is 1.83 bits per heavy atom. The molecule has 0 N–H and O–H groups in total. The van der Waals surface area contributed by atoms with Gasteiger partial charge in [-0.2, -0.15) is 0 Å². The van der Waals surface area contributed by atoms with E-state index in [1.54, 1.807) is 27.7 Å². The highest BCUT2D eigenvalue weighted by atomic mass is 79.9. The first kappa shape index (κ1) is 26.6. The number of halogens is 2. The molecule has 0 bridgehead atoms. The maximum absolute atomic E-state index is 13.4. The summed E-state index contributed by atoms with van der Waals surface area (Å²) in [6.07, 6.45) is 0. The highest BCUT2D eigenvalue weighted by molar-refractivity contribution is 9.10. The number of hydrogen-bond donors (Lipinski definition) is 0. The molecule has 168 valence electrons. The Morgan fingerprint density at radius 2 is 1.43 bits per heavy atom. The Bertz CT molecular complexity index is 774. The second-order valence-corrected chi connectivity index (χ2v) is 8.87. The second-order valence-electron chi connectivity index (χ2n) is 5.38. The van der Waals surface area contributed by atoms with Gasteiger partial charge in [0.2, 0.25) is 0 Å². The van der Waals surface area contributed by atoms with Gasteiger partial charge in [0.25, 0.3) is 0 Å². The Kier molecular flexibility index (Phi) is 11.0. The summed E-state index contributed by atoms with van der Waals surface area (Å²) in [5.41, 5.74) is 0.0208. The van der Waals surface area contributed by atoms with Crippen LogP contribution >= 0.6 is 35.1 Å². The minimum atomic E-state index is -3.99. The molecule has 9 nitrogen and oxygen atoms in total. The van der Waals surface area contributed by atoms with Crippen molar-refractivity contribution in [2.75, 3.05) is 26.4 Å². The van der Waals surface area contributed by atoms with E-state index in [0.717, 1.165) is 0 Å². The number of alkyl halides is 1. The average Bonchev–Trinajstić information content (AvgIpc) is 2.70. The zero-order chi connectivity index (χ0) is 22.8. The fourth-order valence-electron chi connectivity index (χ4n) is 2.07. The van der Waals surface area contributed by atoms with E-state index in [0.29, 0.717) is 5.02 Å². The van der Waals surface area contributed by atoms with Crippen molar-refractivity contribution in [1.82, 2.24) is 0 Å². The van der Waals surface area contributed by atoms with Crippen LogP contribution in [0.4, 0.5) is 0 Å². The van der Waals surface area contributed by atoms with E-state index in [1.807, 2.05) is 0 Å². The monoisotopic (exact) mass is 527 g/mol. The van der Waals surface area contributed by atoms with Gasteiger partial charge in [0, 0.05) is 10.6 Å². The second kappa shape index (κ2) is 12.4. The van der Waals surface area contributed by atoms with Gasteiger partial charge in [-0.05, 0) is 55.8 Å². The molecule has 0 fully saturated rings. The number of rotatable bonds is 12.